The number of carbonyl (C=O) groups excluding carboxylic acids is 2. The van der Waals surface area contributed by atoms with Gasteiger partial charge in [-0.25, -0.2) is 9.37 Å². The number of carbonyl (C=O) groups is 2. The number of anilines is 1. The van der Waals surface area contributed by atoms with Crippen LogP contribution in [-0.2, 0) is 4.79 Å². The lowest BCUT2D eigenvalue weighted by Gasteiger charge is -2.08. The highest BCUT2D eigenvalue weighted by atomic mass is 19.1. The lowest BCUT2D eigenvalue weighted by molar-refractivity contribution is -0.122. The second kappa shape index (κ2) is 6.31. The molecule has 1 aliphatic carbocycles. The molecule has 1 aliphatic rings. The zero-order valence-electron chi connectivity index (χ0n) is 11.2. The molecule has 6 nitrogen and oxygen atoms in total. The van der Waals surface area contributed by atoms with Crippen molar-refractivity contribution in [3.05, 3.63) is 23.6 Å². The van der Waals surface area contributed by atoms with E-state index in [1.54, 1.807) is 0 Å². The molecule has 108 valence electrons. The van der Waals surface area contributed by atoms with E-state index in [0.29, 0.717) is 6.54 Å². The summed E-state index contributed by atoms with van der Waals surface area (Å²) in [6.07, 6.45) is 3.24. The van der Waals surface area contributed by atoms with Gasteiger partial charge in [-0.3, -0.25) is 9.59 Å². The monoisotopic (exact) mass is 280 g/mol. The van der Waals surface area contributed by atoms with Crippen LogP contribution in [0.2, 0.25) is 0 Å². The maximum absolute atomic E-state index is 13.8. The van der Waals surface area contributed by atoms with Crippen molar-refractivity contribution in [3.63, 3.8) is 0 Å². The van der Waals surface area contributed by atoms with Gasteiger partial charge in [-0.1, -0.05) is 0 Å². The van der Waals surface area contributed by atoms with Crippen LogP contribution in [0.3, 0.4) is 0 Å². The highest BCUT2D eigenvalue weighted by molar-refractivity contribution is 5.95. The summed E-state index contributed by atoms with van der Waals surface area (Å²) in [6, 6.07) is 1.31. The largest absolute Gasteiger partial charge is 0.371 e. The van der Waals surface area contributed by atoms with Crippen molar-refractivity contribution >= 4 is 17.6 Å². The van der Waals surface area contributed by atoms with E-state index in [-0.39, 0.29) is 29.8 Å². The SMILES string of the molecule is CNc1nccc(C(=O)NCCNC(=O)C2CC2)c1F. The van der Waals surface area contributed by atoms with Crippen LogP contribution in [0.15, 0.2) is 12.3 Å². The zero-order valence-corrected chi connectivity index (χ0v) is 11.2. The standard InChI is InChI=1S/C13H17FN4O2/c1-15-11-10(14)9(4-5-16-11)13(20)18-7-6-17-12(19)8-2-3-8/h4-5,8H,2-3,6-7H2,1H3,(H,15,16)(H,17,19)(H,18,20). The number of halogens is 1. The molecule has 1 aromatic rings. The first-order valence-corrected chi connectivity index (χ1v) is 6.51. The van der Waals surface area contributed by atoms with Crippen LogP contribution in [0.4, 0.5) is 10.2 Å². The van der Waals surface area contributed by atoms with Crippen molar-refractivity contribution in [2.75, 3.05) is 25.5 Å². The summed E-state index contributed by atoms with van der Waals surface area (Å²) in [7, 11) is 1.53. The zero-order chi connectivity index (χ0) is 14.5. The highest BCUT2D eigenvalue weighted by Gasteiger charge is 2.29. The molecule has 0 unspecified atom stereocenters. The molecular weight excluding hydrogens is 263 g/mol. The predicted octanol–water partition coefficient (Wildman–Crippen LogP) is 0.518. The van der Waals surface area contributed by atoms with E-state index in [9.17, 15) is 14.0 Å². The van der Waals surface area contributed by atoms with Crippen LogP contribution in [0.5, 0.6) is 0 Å². The van der Waals surface area contributed by atoms with Gasteiger partial charge in [-0.05, 0) is 18.9 Å². The lowest BCUT2D eigenvalue weighted by Crippen LogP contribution is -2.35. The van der Waals surface area contributed by atoms with Crippen molar-refractivity contribution in [1.82, 2.24) is 15.6 Å². The average Bonchev–Trinajstić information content (AvgIpc) is 3.28. The van der Waals surface area contributed by atoms with Gasteiger partial charge < -0.3 is 16.0 Å². The summed E-state index contributed by atoms with van der Waals surface area (Å²) < 4.78 is 13.8. The van der Waals surface area contributed by atoms with Gasteiger partial charge in [0, 0.05) is 32.3 Å². The van der Waals surface area contributed by atoms with Crippen LogP contribution in [-0.4, -0.2) is 36.9 Å². The Hall–Kier alpha value is -2.18. The first-order chi connectivity index (χ1) is 9.63. The summed E-state index contributed by atoms with van der Waals surface area (Å²) in [5, 5.41) is 7.84. The molecule has 3 N–H and O–H groups in total. The number of hydrogen-bond acceptors (Lipinski definition) is 4. The number of amides is 2. The van der Waals surface area contributed by atoms with E-state index in [4.69, 9.17) is 0 Å². The molecule has 0 saturated heterocycles. The fourth-order valence-corrected chi connectivity index (χ4v) is 1.74. The molecule has 0 aliphatic heterocycles. The van der Waals surface area contributed by atoms with Crippen molar-refractivity contribution in [1.29, 1.82) is 0 Å². The summed E-state index contributed by atoms with van der Waals surface area (Å²) >= 11 is 0. The Kier molecular flexibility index (Phi) is 4.49. The van der Waals surface area contributed by atoms with Crippen LogP contribution in [0, 0.1) is 11.7 Å². The van der Waals surface area contributed by atoms with Crippen molar-refractivity contribution in [2.45, 2.75) is 12.8 Å². The van der Waals surface area contributed by atoms with E-state index >= 15 is 0 Å². The number of hydrogen-bond donors (Lipinski definition) is 3. The molecule has 2 rings (SSSR count). The molecule has 1 aromatic heterocycles. The topological polar surface area (TPSA) is 83.1 Å². The highest BCUT2D eigenvalue weighted by Crippen LogP contribution is 2.28. The quantitative estimate of drug-likeness (QED) is 0.663. The molecule has 1 fully saturated rings. The van der Waals surface area contributed by atoms with Crippen molar-refractivity contribution in [2.24, 2.45) is 5.92 Å². The first kappa shape index (κ1) is 14.2. The molecule has 0 bridgehead atoms. The van der Waals surface area contributed by atoms with E-state index < -0.39 is 11.7 Å². The normalized spacial score (nSPS) is 13.7. The minimum absolute atomic E-state index is 0.0202. The summed E-state index contributed by atoms with van der Waals surface area (Å²) in [5.41, 5.74) is -0.0714. The molecule has 7 heteroatoms. The second-order valence-corrected chi connectivity index (χ2v) is 4.59. The van der Waals surface area contributed by atoms with Gasteiger partial charge in [-0.15, -0.1) is 0 Å². The Bertz CT molecular complexity index is 517. The minimum atomic E-state index is -0.686. The summed E-state index contributed by atoms with van der Waals surface area (Å²) in [5.74, 6) is -1.02. The molecule has 0 radical (unpaired) electrons. The Morgan fingerprint density at radius 2 is 2.05 bits per heavy atom. The van der Waals surface area contributed by atoms with Crippen molar-refractivity contribution in [3.8, 4) is 0 Å². The van der Waals surface area contributed by atoms with E-state index in [1.807, 2.05) is 0 Å². The first-order valence-electron chi connectivity index (χ1n) is 6.51. The Morgan fingerprint density at radius 1 is 1.35 bits per heavy atom. The van der Waals surface area contributed by atoms with Gasteiger partial charge in [-0.2, -0.15) is 0 Å². The molecule has 1 saturated carbocycles. The van der Waals surface area contributed by atoms with Gasteiger partial charge in [0.25, 0.3) is 5.91 Å². The van der Waals surface area contributed by atoms with E-state index in [0.717, 1.165) is 12.8 Å². The average molecular weight is 280 g/mol. The third-order valence-corrected chi connectivity index (χ3v) is 3.03. The Morgan fingerprint density at radius 3 is 2.70 bits per heavy atom. The maximum atomic E-state index is 13.8. The van der Waals surface area contributed by atoms with Crippen LogP contribution in [0.1, 0.15) is 23.2 Å². The van der Waals surface area contributed by atoms with Gasteiger partial charge >= 0.3 is 0 Å². The number of pyridine rings is 1. The van der Waals surface area contributed by atoms with Crippen LogP contribution < -0.4 is 16.0 Å². The molecule has 20 heavy (non-hydrogen) atoms. The van der Waals surface area contributed by atoms with Gasteiger partial charge in [0.1, 0.15) is 0 Å². The third kappa shape index (κ3) is 3.43. The molecule has 2 amide bonds. The molecular formula is C13H17FN4O2. The predicted molar refractivity (Wildman–Crippen MR) is 71.8 cm³/mol. The lowest BCUT2D eigenvalue weighted by atomic mass is 10.2. The van der Waals surface area contributed by atoms with E-state index in [2.05, 4.69) is 20.9 Å². The Labute approximate surface area is 116 Å². The van der Waals surface area contributed by atoms with Crippen LogP contribution in [0.25, 0.3) is 0 Å². The second-order valence-electron chi connectivity index (χ2n) is 4.59. The fourth-order valence-electron chi connectivity index (χ4n) is 1.74. The third-order valence-electron chi connectivity index (χ3n) is 3.03. The van der Waals surface area contributed by atoms with E-state index in [1.165, 1.54) is 19.3 Å². The molecule has 0 atom stereocenters. The molecule has 0 spiro atoms. The van der Waals surface area contributed by atoms with Gasteiger partial charge in [0.05, 0.1) is 5.56 Å². The summed E-state index contributed by atoms with van der Waals surface area (Å²) in [4.78, 5) is 26.9. The van der Waals surface area contributed by atoms with Crippen LogP contribution >= 0.6 is 0 Å². The van der Waals surface area contributed by atoms with Gasteiger partial charge in [0.2, 0.25) is 5.91 Å². The fraction of sp³-hybridized carbons (Fsp3) is 0.462. The molecule has 1 heterocycles. The number of rotatable bonds is 6. The van der Waals surface area contributed by atoms with Gasteiger partial charge in [0.15, 0.2) is 11.6 Å². The van der Waals surface area contributed by atoms with Crippen molar-refractivity contribution < 1.29 is 14.0 Å². The summed E-state index contributed by atoms with van der Waals surface area (Å²) in [6.45, 7) is 0.598. The minimum Gasteiger partial charge on any atom is -0.371 e. The molecule has 0 aromatic carbocycles. The number of nitrogens with zero attached hydrogens (tertiary/aromatic N) is 1. The number of nitrogens with one attached hydrogen (secondary N) is 3. The Balaban J connectivity index is 1.80. The maximum Gasteiger partial charge on any atom is 0.254 e. The number of aromatic nitrogens is 1. The smallest absolute Gasteiger partial charge is 0.254 e.